The highest BCUT2D eigenvalue weighted by molar-refractivity contribution is 8.00. The third kappa shape index (κ3) is 3.70. The highest BCUT2D eigenvalue weighted by atomic mass is 32.2. The molecular formula is C18H21FN2O4S. The summed E-state index contributed by atoms with van der Waals surface area (Å²) in [5.41, 5.74) is -0.462. The lowest BCUT2D eigenvalue weighted by molar-refractivity contribution is -0.147. The van der Waals surface area contributed by atoms with Crippen molar-refractivity contribution in [2.75, 3.05) is 18.8 Å². The number of amides is 2. The number of hydrogen-bond acceptors (Lipinski definition) is 4. The number of likely N-dealkylation sites (tertiary alicyclic amines) is 1. The monoisotopic (exact) mass is 380 g/mol. The number of aliphatic carboxylic acids is 1. The van der Waals surface area contributed by atoms with Crippen LogP contribution < -0.4 is 5.32 Å². The number of benzene rings is 1. The number of carbonyl (C=O) groups excluding carboxylic acids is 2. The lowest BCUT2D eigenvalue weighted by Crippen LogP contribution is -2.55. The molecule has 1 aromatic carbocycles. The third-order valence-corrected chi connectivity index (χ3v) is 6.34. The molecule has 0 saturated carbocycles. The van der Waals surface area contributed by atoms with Gasteiger partial charge in [0.2, 0.25) is 11.8 Å². The van der Waals surface area contributed by atoms with Crippen molar-refractivity contribution in [2.45, 2.75) is 31.1 Å². The zero-order chi connectivity index (χ0) is 18.9. The summed E-state index contributed by atoms with van der Waals surface area (Å²) in [5, 5.41) is 11.6. The van der Waals surface area contributed by atoms with Gasteiger partial charge in [0.05, 0.1) is 10.7 Å². The zero-order valence-corrected chi connectivity index (χ0v) is 15.2. The molecule has 0 aliphatic carbocycles. The Morgan fingerprint density at radius 3 is 2.77 bits per heavy atom. The summed E-state index contributed by atoms with van der Waals surface area (Å²) in [4.78, 5) is 37.8. The van der Waals surface area contributed by atoms with Crippen molar-refractivity contribution < 1.29 is 23.9 Å². The van der Waals surface area contributed by atoms with E-state index >= 15 is 0 Å². The zero-order valence-electron chi connectivity index (χ0n) is 14.4. The molecule has 2 fully saturated rings. The number of carbonyl (C=O) groups is 3. The maximum Gasteiger partial charge on any atom is 0.311 e. The second-order valence-electron chi connectivity index (χ2n) is 7.05. The van der Waals surface area contributed by atoms with Crippen LogP contribution in [0.2, 0.25) is 0 Å². The Hall–Kier alpha value is -2.09. The van der Waals surface area contributed by atoms with E-state index in [1.54, 1.807) is 25.1 Å². The van der Waals surface area contributed by atoms with Gasteiger partial charge < -0.3 is 15.3 Å². The van der Waals surface area contributed by atoms with Crippen LogP contribution >= 0.6 is 11.8 Å². The van der Waals surface area contributed by atoms with Crippen LogP contribution in [0.4, 0.5) is 4.39 Å². The number of rotatable bonds is 4. The first-order valence-corrected chi connectivity index (χ1v) is 9.52. The maximum atomic E-state index is 13.8. The topological polar surface area (TPSA) is 86.7 Å². The maximum absolute atomic E-state index is 13.8. The molecule has 0 spiro atoms. The van der Waals surface area contributed by atoms with Crippen molar-refractivity contribution >= 4 is 29.5 Å². The largest absolute Gasteiger partial charge is 0.481 e. The fraction of sp³-hybridized carbons (Fsp3) is 0.500. The van der Waals surface area contributed by atoms with Crippen LogP contribution in [0.3, 0.4) is 0 Å². The number of nitrogens with zero attached hydrogens (tertiary/aromatic N) is 1. The molecule has 26 heavy (non-hydrogen) atoms. The molecule has 2 aliphatic heterocycles. The van der Waals surface area contributed by atoms with Crippen molar-refractivity contribution in [1.29, 1.82) is 0 Å². The average Bonchev–Trinajstić information content (AvgIpc) is 3.02. The first-order chi connectivity index (χ1) is 12.3. The van der Waals surface area contributed by atoms with Crippen LogP contribution in [0.5, 0.6) is 0 Å². The summed E-state index contributed by atoms with van der Waals surface area (Å²) in [5.74, 6) is -1.41. The standard InChI is InChI=1S/C18H21FN2O4S/c1-18(17(24)25)6-7-21(10-18)16(23)13-9-26-14(15(22)20-13)8-11-4-2-3-5-12(11)19/h2-5,13-14H,6-10H2,1H3,(H,20,22)(H,24,25). The van der Waals surface area contributed by atoms with Crippen LogP contribution in [-0.4, -0.2) is 57.9 Å². The Bertz CT molecular complexity index is 744. The average molecular weight is 380 g/mol. The van der Waals surface area contributed by atoms with Crippen molar-refractivity contribution in [3.05, 3.63) is 35.6 Å². The molecule has 1 aromatic rings. The molecule has 2 heterocycles. The number of hydrogen-bond donors (Lipinski definition) is 2. The summed E-state index contributed by atoms with van der Waals surface area (Å²) in [6, 6.07) is 5.67. The predicted molar refractivity (Wildman–Crippen MR) is 95.2 cm³/mol. The number of carboxylic acids is 1. The van der Waals surface area contributed by atoms with Gasteiger partial charge in [-0.3, -0.25) is 14.4 Å². The van der Waals surface area contributed by atoms with Crippen LogP contribution in [-0.2, 0) is 20.8 Å². The summed E-state index contributed by atoms with van der Waals surface area (Å²) < 4.78 is 13.8. The quantitative estimate of drug-likeness (QED) is 0.822. The number of halogens is 1. The van der Waals surface area contributed by atoms with E-state index in [2.05, 4.69) is 5.32 Å². The molecule has 2 amide bonds. The molecule has 2 saturated heterocycles. The van der Waals surface area contributed by atoms with Gasteiger partial charge in [-0.15, -0.1) is 11.8 Å². The molecule has 2 N–H and O–H groups in total. The molecule has 8 heteroatoms. The molecule has 140 valence electrons. The number of carboxylic acid groups (broad SMARTS) is 1. The van der Waals surface area contributed by atoms with E-state index in [0.717, 1.165) is 0 Å². The lowest BCUT2D eigenvalue weighted by atomic mass is 9.90. The van der Waals surface area contributed by atoms with Gasteiger partial charge in [-0.25, -0.2) is 4.39 Å². The first kappa shape index (κ1) is 18.7. The van der Waals surface area contributed by atoms with Gasteiger partial charge in [-0.05, 0) is 31.4 Å². The molecule has 3 rings (SSSR count). The van der Waals surface area contributed by atoms with Crippen LogP contribution in [0.25, 0.3) is 0 Å². The third-order valence-electron chi connectivity index (χ3n) is 5.04. The minimum absolute atomic E-state index is 0.150. The summed E-state index contributed by atoms with van der Waals surface area (Å²) in [6.07, 6.45) is 0.669. The predicted octanol–water partition coefficient (Wildman–Crippen LogP) is 1.29. The Morgan fingerprint density at radius 2 is 2.15 bits per heavy atom. The molecule has 6 nitrogen and oxygen atoms in total. The summed E-state index contributed by atoms with van der Waals surface area (Å²) in [6.45, 7) is 2.15. The van der Waals surface area contributed by atoms with Crippen molar-refractivity contribution in [3.8, 4) is 0 Å². The van der Waals surface area contributed by atoms with Crippen LogP contribution in [0, 0.1) is 11.2 Å². The molecule has 3 unspecified atom stereocenters. The minimum atomic E-state index is -0.936. The van der Waals surface area contributed by atoms with Gasteiger partial charge in [0.25, 0.3) is 0 Å². The van der Waals surface area contributed by atoms with E-state index in [1.807, 2.05) is 0 Å². The van der Waals surface area contributed by atoms with Crippen molar-refractivity contribution in [1.82, 2.24) is 10.2 Å². The smallest absolute Gasteiger partial charge is 0.311 e. The van der Waals surface area contributed by atoms with Crippen molar-refractivity contribution in [2.24, 2.45) is 5.41 Å². The molecule has 0 radical (unpaired) electrons. The lowest BCUT2D eigenvalue weighted by Gasteiger charge is -2.31. The van der Waals surface area contributed by atoms with Crippen molar-refractivity contribution in [3.63, 3.8) is 0 Å². The summed E-state index contributed by atoms with van der Waals surface area (Å²) in [7, 11) is 0. The van der Waals surface area contributed by atoms with Gasteiger partial charge in [0.1, 0.15) is 11.9 Å². The van der Waals surface area contributed by atoms with E-state index in [-0.39, 0.29) is 30.6 Å². The van der Waals surface area contributed by atoms with Gasteiger partial charge in [0, 0.05) is 18.8 Å². The van der Waals surface area contributed by atoms with E-state index in [0.29, 0.717) is 24.3 Å². The van der Waals surface area contributed by atoms with E-state index < -0.39 is 22.7 Å². The van der Waals surface area contributed by atoms with Gasteiger partial charge in [0.15, 0.2) is 0 Å². The molecular weight excluding hydrogens is 359 g/mol. The van der Waals surface area contributed by atoms with Gasteiger partial charge >= 0.3 is 5.97 Å². The minimum Gasteiger partial charge on any atom is -0.481 e. The van der Waals surface area contributed by atoms with E-state index in [4.69, 9.17) is 0 Å². The highest BCUT2D eigenvalue weighted by Gasteiger charge is 2.44. The van der Waals surface area contributed by atoms with Crippen LogP contribution in [0.15, 0.2) is 24.3 Å². The first-order valence-electron chi connectivity index (χ1n) is 8.48. The normalized spacial score (nSPS) is 28.7. The fourth-order valence-electron chi connectivity index (χ4n) is 3.29. The fourth-order valence-corrected chi connectivity index (χ4v) is 4.45. The second kappa shape index (κ2) is 7.26. The van der Waals surface area contributed by atoms with E-state index in [1.165, 1.54) is 22.7 Å². The Balaban J connectivity index is 1.59. The van der Waals surface area contributed by atoms with Gasteiger partial charge in [-0.1, -0.05) is 18.2 Å². The molecule has 0 aromatic heterocycles. The van der Waals surface area contributed by atoms with Gasteiger partial charge in [-0.2, -0.15) is 0 Å². The molecule has 3 atom stereocenters. The highest BCUT2D eigenvalue weighted by Crippen LogP contribution is 2.31. The number of thioether (sulfide) groups is 1. The SMILES string of the molecule is CC1(C(=O)O)CCN(C(=O)C2CSC(Cc3ccccc3F)C(=O)N2)C1. The Labute approximate surface area is 155 Å². The summed E-state index contributed by atoms with van der Waals surface area (Å²) >= 11 is 1.33. The Morgan fingerprint density at radius 1 is 1.42 bits per heavy atom. The number of nitrogens with one attached hydrogen (secondary N) is 1. The Kier molecular flexibility index (Phi) is 5.22. The second-order valence-corrected chi connectivity index (χ2v) is 8.29. The molecule has 2 aliphatic rings. The van der Waals surface area contributed by atoms with Crippen LogP contribution in [0.1, 0.15) is 18.9 Å². The molecule has 0 bridgehead atoms. The van der Waals surface area contributed by atoms with E-state index in [9.17, 15) is 23.9 Å².